The van der Waals surface area contributed by atoms with Crippen molar-refractivity contribution in [1.82, 2.24) is 10.2 Å². The van der Waals surface area contributed by atoms with Crippen molar-refractivity contribution in [3.63, 3.8) is 0 Å². The van der Waals surface area contributed by atoms with Crippen molar-refractivity contribution in [3.05, 3.63) is 58.0 Å². The summed E-state index contributed by atoms with van der Waals surface area (Å²) in [4.78, 5) is 0. The fourth-order valence-corrected chi connectivity index (χ4v) is 3.22. The molecule has 1 heterocycles. The number of aromatic nitrogens is 2. The molecule has 4 heteroatoms. The Hall–Kier alpha value is -1.78. The third-order valence-electron chi connectivity index (χ3n) is 3.46. The minimum absolute atomic E-state index is 0.00812. The Morgan fingerprint density at radius 2 is 1.90 bits per heavy atom. The van der Waals surface area contributed by atoms with Gasteiger partial charge in [0, 0.05) is 6.42 Å². The predicted octanol–water partition coefficient (Wildman–Crippen LogP) is 3.69. The van der Waals surface area contributed by atoms with Crippen LogP contribution in [-0.2, 0) is 6.42 Å². The maximum absolute atomic E-state index is 6.00. The van der Waals surface area contributed by atoms with Crippen LogP contribution in [0.25, 0.3) is 10.8 Å². The molecule has 0 saturated heterocycles. The lowest BCUT2D eigenvalue weighted by Crippen LogP contribution is -2.07. The number of hydrogen-bond donors (Lipinski definition) is 1. The summed E-state index contributed by atoms with van der Waals surface area (Å²) in [5.74, 6) is 0. The number of nitrogens with two attached hydrogens (primary N) is 1. The highest BCUT2D eigenvalue weighted by Crippen LogP contribution is 2.24. The van der Waals surface area contributed by atoms with Crippen molar-refractivity contribution in [2.45, 2.75) is 25.8 Å². The Morgan fingerprint density at radius 3 is 2.75 bits per heavy atom. The highest BCUT2D eigenvalue weighted by Gasteiger charge is 2.11. The highest BCUT2D eigenvalue weighted by molar-refractivity contribution is 7.11. The van der Waals surface area contributed by atoms with Crippen LogP contribution in [0.5, 0.6) is 0 Å². The molecule has 1 aromatic heterocycles. The van der Waals surface area contributed by atoms with Gasteiger partial charge in [0.25, 0.3) is 0 Å². The van der Waals surface area contributed by atoms with Gasteiger partial charge < -0.3 is 5.73 Å². The monoisotopic (exact) mass is 283 g/mol. The average Bonchev–Trinajstić information content (AvgIpc) is 2.95. The molecular weight excluding hydrogens is 266 g/mol. The zero-order chi connectivity index (χ0) is 13.9. The number of hydrogen-bond acceptors (Lipinski definition) is 4. The van der Waals surface area contributed by atoms with Gasteiger partial charge in [-0.05, 0) is 22.8 Å². The van der Waals surface area contributed by atoms with E-state index in [0.29, 0.717) is 0 Å². The first-order valence-electron chi connectivity index (χ1n) is 6.82. The molecule has 20 heavy (non-hydrogen) atoms. The Kier molecular flexibility index (Phi) is 3.76. The largest absolute Gasteiger partial charge is 0.322 e. The third kappa shape index (κ3) is 2.57. The second-order valence-electron chi connectivity index (χ2n) is 4.86. The maximum atomic E-state index is 6.00. The minimum Gasteiger partial charge on any atom is -0.322 e. The smallest absolute Gasteiger partial charge is 0.134 e. The Balaban J connectivity index is 1.91. The van der Waals surface area contributed by atoms with E-state index in [1.165, 1.54) is 16.3 Å². The zero-order valence-corrected chi connectivity index (χ0v) is 12.2. The van der Waals surface area contributed by atoms with Crippen molar-refractivity contribution in [1.29, 1.82) is 0 Å². The van der Waals surface area contributed by atoms with Crippen molar-refractivity contribution in [3.8, 4) is 0 Å². The molecule has 0 bridgehead atoms. The first-order valence-corrected chi connectivity index (χ1v) is 7.64. The van der Waals surface area contributed by atoms with Crippen molar-refractivity contribution in [2.24, 2.45) is 5.73 Å². The number of nitrogens with zero attached hydrogens (tertiary/aromatic N) is 2. The molecule has 1 unspecified atom stereocenters. The van der Waals surface area contributed by atoms with E-state index in [9.17, 15) is 0 Å². The standard InChI is InChI=1S/C16H17N3S/c1-2-14(17)16-19-18-15(20-16)10-12-8-5-7-11-6-3-4-9-13(11)12/h3-9,14H,2,10,17H2,1H3. The third-order valence-corrected chi connectivity index (χ3v) is 4.52. The summed E-state index contributed by atoms with van der Waals surface area (Å²) >= 11 is 1.62. The molecule has 3 aromatic rings. The molecule has 0 saturated carbocycles. The molecule has 0 spiro atoms. The van der Waals surface area contributed by atoms with E-state index in [4.69, 9.17) is 5.73 Å². The highest BCUT2D eigenvalue weighted by atomic mass is 32.1. The van der Waals surface area contributed by atoms with Gasteiger partial charge >= 0.3 is 0 Å². The lowest BCUT2D eigenvalue weighted by molar-refractivity contribution is 0.682. The van der Waals surface area contributed by atoms with Gasteiger partial charge in [-0.1, -0.05) is 60.7 Å². The summed E-state index contributed by atoms with van der Waals surface area (Å²) in [6, 6.07) is 14.8. The summed E-state index contributed by atoms with van der Waals surface area (Å²) in [7, 11) is 0. The molecule has 0 amide bonds. The second kappa shape index (κ2) is 5.69. The molecule has 0 aliphatic heterocycles. The van der Waals surface area contributed by atoms with Crippen LogP contribution in [0, 0.1) is 0 Å². The first kappa shape index (κ1) is 13.2. The van der Waals surface area contributed by atoms with Gasteiger partial charge in [0.05, 0.1) is 6.04 Å². The van der Waals surface area contributed by atoms with Crippen LogP contribution in [0.1, 0.15) is 35.0 Å². The van der Waals surface area contributed by atoms with Gasteiger partial charge in [0.2, 0.25) is 0 Å². The summed E-state index contributed by atoms with van der Waals surface area (Å²) < 4.78 is 0. The normalized spacial score (nSPS) is 12.7. The van der Waals surface area contributed by atoms with Crippen LogP contribution >= 0.6 is 11.3 Å². The molecule has 0 fully saturated rings. The molecule has 2 aromatic carbocycles. The Morgan fingerprint density at radius 1 is 1.10 bits per heavy atom. The summed E-state index contributed by atoms with van der Waals surface area (Å²) in [5, 5.41) is 13.0. The molecular formula is C16H17N3S. The molecule has 0 radical (unpaired) electrons. The number of benzene rings is 2. The molecule has 3 nitrogen and oxygen atoms in total. The van der Waals surface area contributed by atoms with E-state index in [0.717, 1.165) is 22.9 Å². The minimum atomic E-state index is 0.00812. The van der Waals surface area contributed by atoms with Crippen molar-refractivity contribution >= 4 is 22.1 Å². The summed E-state index contributed by atoms with van der Waals surface area (Å²) in [5.41, 5.74) is 7.29. The number of rotatable bonds is 4. The van der Waals surface area contributed by atoms with Crippen LogP contribution in [0.4, 0.5) is 0 Å². The topological polar surface area (TPSA) is 51.8 Å². The van der Waals surface area contributed by atoms with Crippen molar-refractivity contribution in [2.75, 3.05) is 0 Å². The van der Waals surface area contributed by atoms with Crippen LogP contribution in [0.15, 0.2) is 42.5 Å². The fourth-order valence-electron chi connectivity index (χ4n) is 2.27. The van der Waals surface area contributed by atoms with Gasteiger partial charge in [-0.3, -0.25) is 0 Å². The lowest BCUT2D eigenvalue weighted by atomic mass is 10.0. The quantitative estimate of drug-likeness (QED) is 0.794. The van der Waals surface area contributed by atoms with Gasteiger partial charge in [0.15, 0.2) is 0 Å². The first-order chi connectivity index (χ1) is 9.78. The Bertz CT molecular complexity index is 715. The second-order valence-corrected chi connectivity index (χ2v) is 5.96. The zero-order valence-electron chi connectivity index (χ0n) is 11.4. The van der Waals surface area contributed by atoms with Crippen LogP contribution in [0.2, 0.25) is 0 Å². The summed E-state index contributed by atoms with van der Waals surface area (Å²) in [6.45, 7) is 2.07. The van der Waals surface area contributed by atoms with Crippen LogP contribution < -0.4 is 5.73 Å². The predicted molar refractivity (Wildman–Crippen MR) is 83.9 cm³/mol. The molecule has 1 atom stereocenters. The summed E-state index contributed by atoms with van der Waals surface area (Å²) in [6.07, 6.45) is 1.71. The van der Waals surface area contributed by atoms with Crippen molar-refractivity contribution < 1.29 is 0 Å². The molecule has 2 N–H and O–H groups in total. The van der Waals surface area contributed by atoms with E-state index in [-0.39, 0.29) is 6.04 Å². The van der Waals surface area contributed by atoms with E-state index in [1.807, 2.05) is 0 Å². The maximum Gasteiger partial charge on any atom is 0.134 e. The molecule has 0 aliphatic carbocycles. The van der Waals surface area contributed by atoms with E-state index in [1.54, 1.807) is 11.3 Å². The fraction of sp³-hybridized carbons (Fsp3) is 0.250. The van der Waals surface area contributed by atoms with Gasteiger partial charge in [-0.15, -0.1) is 10.2 Å². The average molecular weight is 283 g/mol. The van der Waals surface area contributed by atoms with Crippen LogP contribution in [-0.4, -0.2) is 10.2 Å². The van der Waals surface area contributed by atoms with E-state index >= 15 is 0 Å². The Labute approximate surface area is 122 Å². The van der Waals surface area contributed by atoms with E-state index < -0.39 is 0 Å². The van der Waals surface area contributed by atoms with Gasteiger partial charge in [-0.2, -0.15) is 0 Å². The SMILES string of the molecule is CCC(N)c1nnc(Cc2cccc3ccccc23)s1. The molecule has 102 valence electrons. The van der Waals surface area contributed by atoms with E-state index in [2.05, 4.69) is 59.6 Å². The molecule has 0 aliphatic rings. The number of fused-ring (bicyclic) bond motifs is 1. The molecule has 3 rings (SSSR count). The van der Waals surface area contributed by atoms with Crippen LogP contribution in [0.3, 0.4) is 0 Å². The van der Waals surface area contributed by atoms with Gasteiger partial charge in [-0.25, -0.2) is 0 Å². The lowest BCUT2D eigenvalue weighted by Gasteiger charge is -2.04. The van der Waals surface area contributed by atoms with Gasteiger partial charge in [0.1, 0.15) is 10.0 Å².